The second kappa shape index (κ2) is 14.3. The van der Waals surface area contributed by atoms with E-state index in [0.717, 1.165) is 19.3 Å². The molecule has 0 aliphatic rings. The molecular formula is C21H42O. The van der Waals surface area contributed by atoms with Gasteiger partial charge < -0.3 is 0 Å². The highest BCUT2D eigenvalue weighted by Crippen LogP contribution is 2.20. The van der Waals surface area contributed by atoms with Crippen molar-refractivity contribution in [3.63, 3.8) is 0 Å². The Balaban J connectivity index is 3.16. The average Bonchev–Trinajstić information content (AvgIpc) is 2.42. The Morgan fingerprint density at radius 2 is 1.00 bits per heavy atom. The van der Waals surface area contributed by atoms with Gasteiger partial charge in [-0.15, -0.1) is 0 Å². The van der Waals surface area contributed by atoms with E-state index in [2.05, 4.69) is 27.7 Å². The third-order valence-electron chi connectivity index (χ3n) is 4.29. The summed E-state index contributed by atoms with van der Waals surface area (Å²) in [5.74, 6) is 0.454. The van der Waals surface area contributed by atoms with Crippen LogP contribution in [0.15, 0.2) is 0 Å². The monoisotopic (exact) mass is 310 g/mol. The Hall–Kier alpha value is -0.330. The lowest BCUT2D eigenvalue weighted by Crippen LogP contribution is -2.12. The molecule has 0 aliphatic heterocycles. The molecule has 0 bridgehead atoms. The number of Topliss-reactive ketones (excluding diaryl/α,β-unsaturated/α-hetero) is 1. The van der Waals surface area contributed by atoms with Crippen LogP contribution in [-0.4, -0.2) is 5.78 Å². The lowest BCUT2D eigenvalue weighted by molar-refractivity contribution is -0.120. The van der Waals surface area contributed by atoms with Crippen LogP contribution in [0.25, 0.3) is 0 Å². The van der Waals surface area contributed by atoms with E-state index in [1.54, 1.807) is 0 Å². The van der Waals surface area contributed by atoms with Crippen LogP contribution >= 0.6 is 0 Å². The van der Waals surface area contributed by atoms with Crippen molar-refractivity contribution in [2.45, 2.75) is 124 Å². The van der Waals surface area contributed by atoms with Crippen molar-refractivity contribution >= 4 is 5.78 Å². The van der Waals surface area contributed by atoms with Crippen molar-refractivity contribution in [1.29, 1.82) is 0 Å². The van der Waals surface area contributed by atoms with E-state index in [-0.39, 0.29) is 5.41 Å². The number of carbonyl (C=O) groups excluding carboxylic acids is 1. The van der Waals surface area contributed by atoms with Gasteiger partial charge in [0, 0.05) is 12.8 Å². The third kappa shape index (κ3) is 17.7. The van der Waals surface area contributed by atoms with E-state index < -0.39 is 0 Å². The maximum absolute atomic E-state index is 11.8. The summed E-state index contributed by atoms with van der Waals surface area (Å²) in [4.78, 5) is 11.8. The average molecular weight is 311 g/mol. The first-order chi connectivity index (χ1) is 10.5. The number of ketones is 1. The Labute approximate surface area is 140 Å². The lowest BCUT2D eigenvalue weighted by Gasteiger charge is -2.16. The smallest absolute Gasteiger partial charge is 0.133 e. The molecule has 0 heterocycles. The molecule has 0 N–H and O–H groups in total. The van der Waals surface area contributed by atoms with Crippen LogP contribution in [0.2, 0.25) is 0 Å². The van der Waals surface area contributed by atoms with E-state index in [1.165, 1.54) is 77.0 Å². The molecule has 0 aromatic carbocycles. The standard InChI is InChI=1S/C21H42O/c1-5-6-7-8-9-10-11-12-13-14-15-16-17-18-20(22)19-21(2,3)4/h5-19H2,1-4H3. The van der Waals surface area contributed by atoms with E-state index in [1.807, 2.05) is 0 Å². The summed E-state index contributed by atoms with van der Waals surface area (Å²) in [5, 5.41) is 0. The Kier molecular flexibility index (Phi) is 14.1. The minimum Gasteiger partial charge on any atom is -0.300 e. The van der Waals surface area contributed by atoms with Crippen molar-refractivity contribution in [3.05, 3.63) is 0 Å². The lowest BCUT2D eigenvalue weighted by atomic mass is 9.88. The van der Waals surface area contributed by atoms with E-state index in [9.17, 15) is 4.79 Å². The highest BCUT2D eigenvalue weighted by atomic mass is 16.1. The number of rotatable bonds is 15. The number of carbonyl (C=O) groups is 1. The van der Waals surface area contributed by atoms with Crippen LogP contribution in [0, 0.1) is 5.41 Å². The molecular weight excluding hydrogens is 268 g/mol. The summed E-state index contributed by atoms with van der Waals surface area (Å²) in [7, 11) is 0. The van der Waals surface area contributed by atoms with Gasteiger partial charge in [-0.05, 0) is 11.8 Å². The molecule has 0 amide bonds. The van der Waals surface area contributed by atoms with E-state index in [0.29, 0.717) is 5.78 Å². The molecule has 0 aromatic rings. The molecule has 0 aromatic heterocycles. The van der Waals surface area contributed by atoms with Gasteiger partial charge in [0.05, 0.1) is 0 Å². The van der Waals surface area contributed by atoms with Crippen molar-refractivity contribution in [2.24, 2.45) is 5.41 Å². The summed E-state index contributed by atoms with van der Waals surface area (Å²) in [6, 6.07) is 0. The largest absolute Gasteiger partial charge is 0.300 e. The van der Waals surface area contributed by atoms with Crippen LogP contribution < -0.4 is 0 Å². The van der Waals surface area contributed by atoms with Gasteiger partial charge in [-0.3, -0.25) is 4.79 Å². The highest BCUT2D eigenvalue weighted by Gasteiger charge is 2.15. The first-order valence-electron chi connectivity index (χ1n) is 9.97. The molecule has 22 heavy (non-hydrogen) atoms. The maximum Gasteiger partial charge on any atom is 0.133 e. The third-order valence-corrected chi connectivity index (χ3v) is 4.29. The second-order valence-corrected chi connectivity index (χ2v) is 8.27. The topological polar surface area (TPSA) is 17.1 Å². The first-order valence-corrected chi connectivity index (χ1v) is 9.97. The Morgan fingerprint density at radius 1 is 0.636 bits per heavy atom. The molecule has 1 heteroatoms. The zero-order chi connectivity index (χ0) is 16.7. The molecule has 0 rings (SSSR count). The summed E-state index contributed by atoms with van der Waals surface area (Å²) in [6.07, 6.45) is 19.3. The maximum atomic E-state index is 11.8. The van der Waals surface area contributed by atoms with Gasteiger partial charge in [-0.25, -0.2) is 0 Å². The van der Waals surface area contributed by atoms with Gasteiger partial charge in [-0.1, -0.05) is 105 Å². The van der Waals surface area contributed by atoms with Crippen molar-refractivity contribution in [2.75, 3.05) is 0 Å². The number of hydrogen-bond donors (Lipinski definition) is 0. The predicted molar refractivity (Wildman–Crippen MR) is 99.4 cm³/mol. The van der Waals surface area contributed by atoms with E-state index in [4.69, 9.17) is 0 Å². The quantitative estimate of drug-likeness (QED) is 0.287. The van der Waals surface area contributed by atoms with Crippen LogP contribution in [0.4, 0.5) is 0 Å². The van der Waals surface area contributed by atoms with Crippen molar-refractivity contribution in [1.82, 2.24) is 0 Å². The van der Waals surface area contributed by atoms with Crippen LogP contribution in [-0.2, 0) is 4.79 Å². The SMILES string of the molecule is CCCCCCCCCCCCCCCC(=O)CC(C)(C)C. The van der Waals surface area contributed by atoms with Crippen molar-refractivity contribution < 1.29 is 4.79 Å². The minimum absolute atomic E-state index is 0.160. The van der Waals surface area contributed by atoms with Crippen LogP contribution in [0.5, 0.6) is 0 Å². The van der Waals surface area contributed by atoms with E-state index >= 15 is 0 Å². The van der Waals surface area contributed by atoms with Gasteiger partial charge in [-0.2, -0.15) is 0 Å². The summed E-state index contributed by atoms with van der Waals surface area (Å²) < 4.78 is 0. The normalized spacial score (nSPS) is 11.8. The Bertz CT molecular complexity index is 249. The van der Waals surface area contributed by atoms with Gasteiger partial charge in [0.1, 0.15) is 5.78 Å². The molecule has 0 unspecified atom stereocenters. The number of unbranched alkanes of at least 4 members (excludes halogenated alkanes) is 12. The summed E-state index contributed by atoms with van der Waals surface area (Å²) >= 11 is 0. The van der Waals surface area contributed by atoms with Crippen LogP contribution in [0.3, 0.4) is 0 Å². The molecule has 0 aliphatic carbocycles. The summed E-state index contributed by atoms with van der Waals surface area (Å²) in [5.41, 5.74) is 0.160. The predicted octanol–water partition coefficient (Wildman–Crippen LogP) is 7.47. The molecule has 132 valence electrons. The molecule has 0 atom stereocenters. The fourth-order valence-electron chi connectivity index (χ4n) is 3.02. The second-order valence-electron chi connectivity index (χ2n) is 8.27. The zero-order valence-electron chi connectivity index (χ0n) is 16.0. The fourth-order valence-corrected chi connectivity index (χ4v) is 3.02. The van der Waals surface area contributed by atoms with Gasteiger partial charge >= 0.3 is 0 Å². The first kappa shape index (κ1) is 21.7. The van der Waals surface area contributed by atoms with Crippen molar-refractivity contribution in [3.8, 4) is 0 Å². The molecule has 0 saturated heterocycles. The molecule has 0 saturated carbocycles. The van der Waals surface area contributed by atoms with Gasteiger partial charge in [0.25, 0.3) is 0 Å². The fraction of sp³-hybridized carbons (Fsp3) is 0.952. The number of hydrogen-bond acceptors (Lipinski definition) is 1. The summed E-state index contributed by atoms with van der Waals surface area (Å²) in [6.45, 7) is 8.72. The molecule has 1 nitrogen and oxygen atoms in total. The highest BCUT2D eigenvalue weighted by molar-refractivity contribution is 5.78. The molecule has 0 radical (unpaired) electrons. The van der Waals surface area contributed by atoms with Gasteiger partial charge in [0.15, 0.2) is 0 Å². The minimum atomic E-state index is 0.160. The zero-order valence-corrected chi connectivity index (χ0v) is 16.0. The van der Waals surface area contributed by atoms with Crippen LogP contribution in [0.1, 0.15) is 124 Å². The molecule has 0 spiro atoms. The Morgan fingerprint density at radius 3 is 1.36 bits per heavy atom. The molecule has 0 fully saturated rings. The van der Waals surface area contributed by atoms with Gasteiger partial charge in [0.2, 0.25) is 0 Å².